The molecule has 0 aromatic heterocycles. The molecule has 0 saturated heterocycles. The third-order valence-electron chi connectivity index (χ3n) is 0.713. The predicted molar refractivity (Wildman–Crippen MR) is 42.1 cm³/mol. The van der Waals surface area contributed by atoms with E-state index in [4.69, 9.17) is 0 Å². The van der Waals surface area contributed by atoms with E-state index in [0.717, 1.165) is 10.5 Å². The van der Waals surface area contributed by atoms with Gasteiger partial charge >= 0.3 is 0 Å². The van der Waals surface area contributed by atoms with E-state index in [2.05, 4.69) is 25.8 Å². The van der Waals surface area contributed by atoms with Crippen molar-refractivity contribution in [3.8, 4) is 0 Å². The number of rotatable bonds is 2. The largest absolute Gasteiger partial charge is 0.143 e. The van der Waals surface area contributed by atoms with Gasteiger partial charge in [-0.05, 0) is 18.6 Å². The van der Waals surface area contributed by atoms with Crippen LogP contribution < -0.4 is 0 Å². The minimum Gasteiger partial charge on any atom is -0.143 e. The molecule has 0 heterocycles. The monoisotopic (exact) mass is 126 g/mol. The van der Waals surface area contributed by atoms with Crippen LogP contribution in [0.1, 0.15) is 6.92 Å². The molecule has 0 aliphatic carbocycles. The number of thiol groups is 1. The van der Waals surface area contributed by atoms with Gasteiger partial charge in [0.25, 0.3) is 0 Å². The van der Waals surface area contributed by atoms with Gasteiger partial charge in [0.05, 0.1) is 0 Å². The highest BCUT2D eigenvalue weighted by atomic mass is 32.1. The number of allylic oxidation sites excluding steroid dienone is 3. The van der Waals surface area contributed by atoms with Crippen molar-refractivity contribution >= 4 is 12.6 Å². The van der Waals surface area contributed by atoms with E-state index in [1.165, 1.54) is 0 Å². The molecule has 0 N–H and O–H groups in total. The van der Waals surface area contributed by atoms with Crippen LogP contribution in [0.3, 0.4) is 0 Å². The molecular formula is C7H10S. The maximum atomic E-state index is 4.10. The Kier molecular flexibility index (Phi) is 3.37. The molecule has 44 valence electrons. The van der Waals surface area contributed by atoms with Crippen molar-refractivity contribution in [3.63, 3.8) is 0 Å². The van der Waals surface area contributed by atoms with Gasteiger partial charge < -0.3 is 0 Å². The molecule has 8 heavy (non-hydrogen) atoms. The summed E-state index contributed by atoms with van der Waals surface area (Å²) in [4.78, 5) is 0.889. The first kappa shape index (κ1) is 7.57. The van der Waals surface area contributed by atoms with Crippen LogP contribution >= 0.6 is 12.6 Å². The fourth-order valence-corrected chi connectivity index (χ4v) is 0.359. The predicted octanol–water partition coefficient (Wildman–Crippen LogP) is 2.56. The van der Waals surface area contributed by atoms with Crippen molar-refractivity contribution in [1.82, 2.24) is 0 Å². The molecule has 0 spiro atoms. The summed E-state index contributed by atoms with van der Waals surface area (Å²) in [5.41, 5.74) is 0.966. The lowest BCUT2D eigenvalue weighted by Gasteiger charge is -1.91. The van der Waals surface area contributed by atoms with Crippen LogP contribution in [0.15, 0.2) is 35.8 Å². The third kappa shape index (κ3) is 2.69. The summed E-state index contributed by atoms with van der Waals surface area (Å²) >= 11 is 4.10. The van der Waals surface area contributed by atoms with Gasteiger partial charge in [0.15, 0.2) is 0 Å². The van der Waals surface area contributed by atoms with E-state index in [1.54, 1.807) is 6.08 Å². The zero-order valence-electron chi connectivity index (χ0n) is 5.02. The fraction of sp³-hybridized carbons (Fsp3) is 0.143. The second-order valence-corrected chi connectivity index (χ2v) is 2.05. The summed E-state index contributed by atoms with van der Waals surface area (Å²) in [6, 6.07) is 0. The van der Waals surface area contributed by atoms with Crippen molar-refractivity contribution in [2.24, 2.45) is 0 Å². The van der Waals surface area contributed by atoms with E-state index < -0.39 is 0 Å². The quantitative estimate of drug-likeness (QED) is 0.426. The van der Waals surface area contributed by atoms with E-state index in [9.17, 15) is 0 Å². The van der Waals surface area contributed by atoms with Crippen LogP contribution in [0, 0.1) is 0 Å². The third-order valence-corrected chi connectivity index (χ3v) is 1.24. The molecule has 0 aromatic carbocycles. The lowest BCUT2D eigenvalue weighted by atomic mass is 10.3. The van der Waals surface area contributed by atoms with Gasteiger partial charge in [0.2, 0.25) is 0 Å². The highest BCUT2D eigenvalue weighted by molar-refractivity contribution is 7.84. The average molecular weight is 126 g/mol. The van der Waals surface area contributed by atoms with Gasteiger partial charge in [0, 0.05) is 4.91 Å². The van der Waals surface area contributed by atoms with E-state index in [1.807, 2.05) is 13.0 Å². The second-order valence-electron chi connectivity index (χ2n) is 1.57. The van der Waals surface area contributed by atoms with Crippen LogP contribution in [-0.2, 0) is 0 Å². The Morgan fingerprint density at radius 1 is 1.62 bits per heavy atom. The molecule has 0 amide bonds. The zero-order chi connectivity index (χ0) is 6.57. The highest BCUT2D eigenvalue weighted by Crippen LogP contribution is 2.09. The first-order chi connectivity index (χ1) is 3.68. The van der Waals surface area contributed by atoms with Crippen molar-refractivity contribution in [2.45, 2.75) is 6.92 Å². The van der Waals surface area contributed by atoms with Crippen molar-refractivity contribution in [3.05, 3.63) is 35.8 Å². The lowest BCUT2D eigenvalue weighted by Crippen LogP contribution is -1.68. The summed E-state index contributed by atoms with van der Waals surface area (Å²) in [5.74, 6) is 0. The lowest BCUT2D eigenvalue weighted by molar-refractivity contribution is 1.54. The minimum absolute atomic E-state index is 0.889. The summed E-state index contributed by atoms with van der Waals surface area (Å²) in [6.07, 6.45) is 3.50. The molecule has 0 fully saturated rings. The van der Waals surface area contributed by atoms with Gasteiger partial charge in [-0.25, -0.2) is 0 Å². The Labute approximate surface area is 56.0 Å². The molecule has 0 aliphatic rings. The molecule has 0 nitrogen and oxygen atoms in total. The van der Waals surface area contributed by atoms with E-state index >= 15 is 0 Å². The van der Waals surface area contributed by atoms with E-state index in [0.29, 0.717) is 0 Å². The molecule has 1 heteroatoms. The van der Waals surface area contributed by atoms with Crippen LogP contribution in [0.4, 0.5) is 0 Å². The Morgan fingerprint density at radius 3 is 2.25 bits per heavy atom. The number of hydrogen-bond donors (Lipinski definition) is 1. The molecule has 0 aliphatic heterocycles. The van der Waals surface area contributed by atoms with E-state index in [-0.39, 0.29) is 0 Å². The molecule has 0 rings (SSSR count). The zero-order valence-corrected chi connectivity index (χ0v) is 5.91. The smallest absolute Gasteiger partial charge is 0.00631 e. The molecule has 0 unspecified atom stereocenters. The maximum Gasteiger partial charge on any atom is 0.00631 e. The first-order valence-corrected chi connectivity index (χ1v) is 2.80. The van der Waals surface area contributed by atoms with Gasteiger partial charge in [-0.3, -0.25) is 0 Å². The van der Waals surface area contributed by atoms with Crippen LogP contribution in [0.5, 0.6) is 0 Å². The first-order valence-electron chi connectivity index (χ1n) is 2.36. The highest BCUT2D eigenvalue weighted by Gasteiger charge is 1.83. The Hall–Kier alpha value is -0.430. The molecule has 0 bridgehead atoms. The van der Waals surface area contributed by atoms with Crippen molar-refractivity contribution < 1.29 is 0 Å². The molecule has 0 aromatic rings. The Bertz CT molecular complexity index is 131. The van der Waals surface area contributed by atoms with Gasteiger partial charge in [-0.2, -0.15) is 0 Å². The Morgan fingerprint density at radius 2 is 2.12 bits per heavy atom. The topological polar surface area (TPSA) is 0 Å². The molecule has 0 atom stereocenters. The average Bonchev–Trinajstić information content (AvgIpc) is 1.67. The van der Waals surface area contributed by atoms with Gasteiger partial charge in [-0.15, -0.1) is 12.6 Å². The van der Waals surface area contributed by atoms with Crippen molar-refractivity contribution in [2.75, 3.05) is 0 Å². The summed E-state index contributed by atoms with van der Waals surface area (Å²) < 4.78 is 0. The summed E-state index contributed by atoms with van der Waals surface area (Å²) in [7, 11) is 0. The molecule has 0 radical (unpaired) electrons. The maximum absolute atomic E-state index is 4.10. The van der Waals surface area contributed by atoms with Crippen LogP contribution in [0.2, 0.25) is 0 Å². The normalized spacial score (nSPS) is 11.0. The standard InChI is InChI=1S/C7H10S/c1-4-5-7(8)6(2)3/h4-5,8H,1-2H2,3H3/b7-5+. The minimum atomic E-state index is 0.889. The number of hydrogen-bond acceptors (Lipinski definition) is 1. The van der Waals surface area contributed by atoms with Gasteiger partial charge in [-0.1, -0.05) is 19.2 Å². The molecule has 0 saturated carbocycles. The molecular weight excluding hydrogens is 116 g/mol. The van der Waals surface area contributed by atoms with Crippen molar-refractivity contribution in [1.29, 1.82) is 0 Å². The van der Waals surface area contributed by atoms with Gasteiger partial charge in [0.1, 0.15) is 0 Å². The van der Waals surface area contributed by atoms with Crippen LogP contribution in [-0.4, -0.2) is 0 Å². The Balaban J connectivity index is 3.99. The SMILES string of the molecule is C=C/C=C(/S)C(=C)C. The van der Waals surface area contributed by atoms with Crippen LogP contribution in [0.25, 0.3) is 0 Å². The summed E-state index contributed by atoms with van der Waals surface area (Å²) in [5, 5.41) is 0. The second kappa shape index (κ2) is 3.56. The summed E-state index contributed by atoms with van der Waals surface area (Å²) in [6.45, 7) is 9.10. The fourth-order valence-electron chi connectivity index (χ4n) is 0.254.